The van der Waals surface area contributed by atoms with Crippen molar-refractivity contribution in [2.45, 2.75) is 32.9 Å². The van der Waals surface area contributed by atoms with Gasteiger partial charge < -0.3 is 16.4 Å². The van der Waals surface area contributed by atoms with Gasteiger partial charge >= 0.3 is 0 Å². The van der Waals surface area contributed by atoms with E-state index in [0.29, 0.717) is 6.54 Å². The number of piperazine rings is 1. The number of anilines is 2. The van der Waals surface area contributed by atoms with Crippen LogP contribution in [0.4, 0.5) is 11.8 Å². The summed E-state index contributed by atoms with van der Waals surface area (Å²) in [5, 5.41) is 11.3. The van der Waals surface area contributed by atoms with Crippen LogP contribution in [0, 0.1) is 0 Å². The topological polar surface area (TPSA) is 110 Å². The zero-order valence-electron chi connectivity index (χ0n) is 16.9. The molecule has 0 aromatic carbocycles. The molecule has 0 amide bonds. The predicted molar refractivity (Wildman–Crippen MR) is 115 cm³/mol. The van der Waals surface area contributed by atoms with Crippen LogP contribution < -0.4 is 16.4 Å². The summed E-state index contributed by atoms with van der Waals surface area (Å²) in [6, 6.07) is 4.23. The van der Waals surface area contributed by atoms with Crippen LogP contribution in [0.25, 0.3) is 11.0 Å². The van der Waals surface area contributed by atoms with Crippen molar-refractivity contribution in [3.8, 4) is 0 Å². The Hall–Kier alpha value is -2.78. The third-order valence-corrected chi connectivity index (χ3v) is 5.14. The van der Waals surface area contributed by atoms with Crippen LogP contribution in [0.3, 0.4) is 0 Å². The van der Waals surface area contributed by atoms with Crippen molar-refractivity contribution in [3.63, 3.8) is 0 Å². The summed E-state index contributed by atoms with van der Waals surface area (Å²) >= 11 is 0. The molecular formula is C20H29N9. The summed E-state index contributed by atoms with van der Waals surface area (Å²) in [4.78, 5) is 15.8. The molecule has 1 fully saturated rings. The Labute approximate surface area is 170 Å². The third-order valence-electron chi connectivity index (χ3n) is 5.14. The maximum absolute atomic E-state index is 5.86. The van der Waals surface area contributed by atoms with Gasteiger partial charge in [-0.25, -0.2) is 4.98 Å². The molecule has 9 heteroatoms. The second-order valence-electron chi connectivity index (χ2n) is 7.43. The van der Waals surface area contributed by atoms with E-state index < -0.39 is 0 Å². The van der Waals surface area contributed by atoms with E-state index in [4.69, 9.17) is 5.73 Å². The second kappa shape index (κ2) is 9.15. The van der Waals surface area contributed by atoms with Gasteiger partial charge in [-0.3, -0.25) is 14.6 Å². The van der Waals surface area contributed by atoms with E-state index in [-0.39, 0.29) is 5.95 Å². The molecule has 0 bridgehead atoms. The van der Waals surface area contributed by atoms with Gasteiger partial charge in [0.05, 0.1) is 18.4 Å². The van der Waals surface area contributed by atoms with E-state index in [9.17, 15) is 0 Å². The Kier molecular flexibility index (Phi) is 6.16. The number of nitrogens with two attached hydrogens (primary N) is 1. The lowest BCUT2D eigenvalue weighted by Gasteiger charge is -2.27. The molecule has 1 aliphatic heterocycles. The molecule has 4 N–H and O–H groups in total. The van der Waals surface area contributed by atoms with Crippen molar-refractivity contribution in [2.24, 2.45) is 0 Å². The van der Waals surface area contributed by atoms with Crippen molar-refractivity contribution in [1.29, 1.82) is 0 Å². The zero-order chi connectivity index (χ0) is 20.1. The fourth-order valence-corrected chi connectivity index (χ4v) is 3.57. The van der Waals surface area contributed by atoms with Gasteiger partial charge in [-0.15, -0.1) is 0 Å². The van der Waals surface area contributed by atoms with Gasteiger partial charge in [-0.1, -0.05) is 19.4 Å². The first-order valence-electron chi connectivity index (χ1n) is 10.3. The molecule has 9 nitrogen and oxygen atoms in total. The molecule has 154 valence electrons. The van der Waals surface area contributed by atoms with Gasteiger partial charge in [0.1, 0.15) is 11.0 Å². The number of hydrogen-bond acceptors (Lipinski definition) is 8. The number of unbranched alkanes of at least 4 members (excludes halogenated alkanes) is 1. The van der Waals surface area contributed by atoms with Gasteiger partial charge in [-0.2, -0.15) is 10.1 Å². The van der Waals surface area contributed by atoms with Gasteiger partial charge in [0.2, 0.25) is 5.95 Å². The number of rotatable bonds is 8. The van der Waals surface area contributed by atoms with Crippen molar-refractivity contribution < 1.29 is 0 Å². The number of pyridine rings is 1. The number of fused-ring (bicyclic) bond motifs is 1. The summed E-state index contributed by atoms with van der Waals surface area (Å²) < 4.78 is 1.89. The normalized spacial score (nSPS) is 15.1. The SMILES string of the molecule is CCCCNc1nc(N)nc2cnn(Cc3ccc(CN4CCNCC4)cn3)c12. The number of nitrogens with zero attached hydrogens (tertiary/aromatic N) is 6. The van der Waals surface area contributed by atoms with Crippen LogP contribution in [0.2, 0.25) is 0 Å². The van der Waals surface area contributed by atoms with Crippen molar-refractivity contribution >= 4 is 22.8 Å². The average Bonchev–Trinajstić information content (AvgIpc) is 3.13. The standard InChI is InChI=1S/C20H29N9/c1-2-3-6-23-19-18-17(26-20(21)27-19)12-25-29(18)14-16-5-4-15(11-24-16)13-28-9-7-22-8-10-28/h4-5,11-12,22H,2-3,6-10,13-14H2,1H3,(H3,21,23,26,27). The van der Waals surface area contributed by atoms with Gasteiger partial charge in [0, 0.05) is 45.5 Å². The predicted octanol–water partition coefficient (Wildman–Crippen LogP) is 1.47. The first-order valence-corrected chi connectivity index (χ1v) is 10.3. The van der Waals surface area contributed by atoms with Crippen LogP contribution in [0.15, 0.2) is 24.5 Å². The summed E-state index contributed by atoms with van der Waals surface area (Å²) in [5.74, 6) is 0.986. The molecule has 0 atom stereocenters. The van der Waals surface area contributed by atoms with E-state index in [0.717, 1.165) is 74.7 Å². The van der Waals surface area contributed by atoms with Crippen molar-refractivity contribution in [2.75, 3.05) is 43.8 Å². The minimum absolute atomic E-state index is 0.256. The number of aromatic nitrogens is 5. The smallest absolute Gasteiger partial charge is 0.222 e. The van der Waals surface area contributed by atoms with Crippen LogP contribution in [-0.4, -0.2) is 62.4 Å². The van der Waals surface area contributed by atoms with E-state index in [2.05, 4.69) is 54.6 Å². The van der Waals surface area contributed by atoms with Crippen LogP contribution >= 0.6 is 0 Å². The highest BCUT2D eigenvalue weighted by atomic mass is 15.3. The molecule has 0 saturated carbocycles. The molecule has 1 saturated heterocycles. The lowest BCUT2D eigenvalue weighted by molar-refractivity contribution is 0.233. The van der Waals surface area contributed by atoms with Crippen LogP contribution in [0.1, 0.15) is 31.0 Å². The highest BCUT2D eigenvalue weighted by Crippen LogP contribution is 2.22. The Balaban J connectivity index is 1.49. The first-order chi connectivity index (χ1) is 14.2. The lowest BCUT2D eigenvalue weighted by atomic mass is 10.2. The molecular weight excluding hydrogens is 366 g/mol. The molecule has 1 aliphatic rings. The maximum Gasteiger partial charge on any atom is 0.222 e. The molecule has 4 rings (SSSR count). The van der Waals surface area contributed by atoms with E-state index in [1.165, 1.54) is 5.56 Å². The largest absolute Gasteiger partial charge is 0.368 e. The Morgan fingerprint density at radius 1 is 1.14 bits per heavy atom. The van der Waals surface area contributed by atoms with Crippen molar-refractivity contribution in [3.05, 3.63) is 35.8 Å². The third kappa shape index (κ3) is 4.80. The molecule has 0 aliphatic carbocycles. The first kappa shape index (κ1) is 19.5. The summed E-state index contributed by atoms with van der Waals surface area (Å²) in [6.07, 6.45) is 5.88. The zero-order valence-corrected chi connectivity index (χ0v) is 16.9. The molecule has 0 spiro atoms. The van der Waals surface area contributed by atoms with Gasteiger partial charge in [0.25, 0.3) is 0 Å². The van der Waals surface area contributed by atoms with Gasteiger partial charge in [0.15, 0.2) is 5.82 Å². The lowest BCUT2D eigenvalue weighted by Crippen LogP contribution is -2.42. The summed E-state index contributed by atoms with van der Waals surface area (Å²) in [6.45, 7) is 8.78. The molecule has 3 aromatic heterocycles. The van der Waals surface area contributed by atoms with E-state index in [1.807, 2.05) is 10.9 Å². The number of nitrogen functional groups attached to an aromatic ring is 1. The van der Waals surface area contributed by atoms with Crippen LogP contribution in [-0.2, 0) is 13.1 Å². The maximum atomic E-state index is 5.86. The Morgan fingerprint density at radius 3 is 2.76 bits per heavy atom. The van der Waals surface area contributed by atoms with Gasteiger partial charge in [-0.05, 0) is 18.1 Å². The minimum atomic E-state index is 0.256. The second-order valence-corrected chi connectivity index (χ2v) is 7.43. The quantitative estimate of drug-likeness (QED) is 0.492. The number of hydrogen-bond donors (Lipinski definition) is 3. The highest BCUT2D eigenvalue weighted by Gasteiger charge is 2.14. The molecule has 3 aromatic rings. The highest BCUT2D eigenvalue weighted by molar-refractivity contribution is 5.86. The summed E-state index contributed by atoms with van der Waals surface area (Å²) in [7, 11) is 0. The Bertz CT molecular complexity index is 929. The van der Waals surface area contributed by atoms with E-state index >= 15 is 0 Å². The molecule has 29 heavy (non-hydrogen) atoms. The monoisotopic (exact) mass is 395 g/mol. The Morgan fingerprint density at radius 2 is 2.00 bits per heavy atom. The minimum Gasteiger partial charge on any atom is -0.368 e. The van der Waals surface area contributed by atoms with Crippen molar-refractivity contribution in [1.82, 2.24) is 34.9 Å². The number of nitrogens with one attached hydrogen (secondary N) is 2. The molecule has 4 heterocycles. The van der Waals surface area contributed by atoms with Crippen LogP contribution in [0.5, 0.6) is 0 Å². The molecule has 0 unspecified atom stereocenters. The fourth-order valence-electron chi connectivity index (χ4n) is 3.57. The summed E-state index contributed by atoms with van der Waals surface area (Å²) in [5.41, 5.74) is 9.66. The fraction of sp³-hybridized carbons (Fsp3) is 0.500. The average molecular weight is 396 g/mol. The molecule has 0 radical (unpaired) electrons. The van der Waals surface area contributed by atoms with E-state index in [1.54, 1.807) is 6.20 Å².